The number of hydrogen-bond acceptors (Lipinski definition) is 5. The maximum atomic E-state index is 8.89. The number of nitriles is 1. The second kappa shape index (κ2) is 7.25. The highest BCUT2D eigenvalue weighted by molar-refractivity contribution is 5.57. The van der Waals surface area contributed by atoms with Crippen LogP contribution in [0.5, 0.6) is 0 Å². The Labute approximate surface area is 101 Å². The van der Waals surface area contributed by atoms with Gasteiger partial charge in [0.2, 0.25) is 0 Å². The maximum absolute atomic E-state index is 8.89. The summed E-state index contributed by atoms with van der Waals surface area (Å²) in [6, 6.07) is 3.63. The van der Waals surface area contributed by atoms with Crippen molar-refractivity contribution >= 4 is 11.5 Å². The predicted octanol–water partition coefficient (Wildman–Crippen LogP) is 1.54. The molecule has 5 nitrogen and oxygen atoms in total. The summed E-state index contributed by atoms with van der Waals surface area (Å²) in [6.45, 7) is 5.42. The third kappa shape index (κ3) is 4.53. The summed E-state index contributed by atoms with van der Waals surface area (Å²) < 4.78 is 5.32. The van der Waals surface area contributed by atoms with Gasteiger partial charge >= 0.3 is 0 Å². The topological polar surface area (TPSA) is 84.0 Å². The standard InChI is InChI=1S/C12H16N4O/c1-2-3-5-17-6-4-15-12-10(8-13)7-11(14)9-16-12/h2,7,9H,1,3-6,14H2,(H,15,16). The predicted molar refractivity (Wildman–Crippen MR) is 67.5 cm³/mol. The van der Waals surface area contributed by atoms with E-state index in [-0.39, 0.29) is 0 Å². The molecule has 0 spiro atoms. The number of rotatable bonds is 7. The van der Waals surface area contributed by atoms with Crippen molar-refractivity contribution in [3.8, 4) is 6.07 Å². The average molecular weight is 232 g/mol. The number of pyridine rings is 1. The zero-order chi connectivity index (χ0) is 12.5. The van der Waals surface area contributed by atoms with Crippen molar-refractivity contribution in [1.82, 2.24) is 4.98 Å². The lowest BCUT2D eigenvalue weighted by Crippen LogP contribution is -2.12. The fourth-order valence-corrected chi connectivity index (χ4v) is 1.22. The second-order valence-electron chi connectivity index (χ2n) is 3.39. The lowest BCUT2D eigenvalue weighted by Gasteiger charge is -2.07. The van der Waals surface area contributed by atoms with Gasteiger partial charge in [0, 0.05) is 6.54 Å². The van der Waals surface area contributed by atoms with Crippen LogP contribution in [0.3, 0.4) is 0 Å². The molecule has 3 N–H and O–H groups in total. The number of nitrogens with one attached hydrogen (secondary N) is 1. The van der Waals surface area contributed by atoms with E-state index >= 15 is 0 Å². The molecule has 0 bridgehead atoms. The van der Waals surface area contributed by atoms with E-state index in [0.717, 1.165) is 6.42 Å². The smallest absolute Gasteiger partial charge is 0.144 e. The van der Waals surface area contributed by atoms with Crippen LogP contribution in [0.15, 0.2) is 24.9 Å². The lowest BCUT2D eigenvalue weighted by molar-refractivity contribution is 0.149. The molecule has 1 aromatic heterocycles. The van der Waals surface area contributed by atoms with Crippen LogP contribution in [0.4, 0.5) is 11.5 Å². The van der Waals surface area contributed by atoms with Gasteiger partial charge in [0.1, 0.15) is 11.9 Å². The Kier molecular flexibility index (Phi) is 5.55. The fourth-order valence-electron chi connectivity index (χ4n) is 1.22. The third-order valence-corrected chi connectivity index (χ3v) is 2.03. The van der Waals surface area contributed by atoms with Crippen molar-refractivity contribution in [2.45, 2.75) is 6.42 Å². The zero-order valence-electron chi connectivity index (χ0n) is 9.65. The van der Waals surface area contributed by atoms with Gasteiger partial charge in [-0.15, -0.1) is 6.58 Å². The first kappa shape index (κ1) is 13.0. The molecule has 1 rings (SSSR count). The maximum Gasteiger partial charge on any atom is 0.144 e. The molecule has 0 amide bonds. The number of nitrogen functional groups attached to an aromatic ring is 1. The molecule has 5 heteroatoms. The molecule has 0 aliphatic rings. The third-order valence-electron chi connectivity index (χ3n) is 2.03. The van der Waals surface area contributed by atoms with E-state index in [4.69, 9.17) is 15.7 Å². The summed E-state index contributed by atoms with van der Waals surface area (Å²) in [6.07, 6.45) is 4.16. The Morgan fingerprint density at radius 1 is 1.59 bits per heavy atom. The van der Waals surface area contributed by atoms with Crippen molar-refractivity contribution in [2.75, 3.05) is 30.8 Å². The Bertz CT molecular complexity index is 411. The van der Waals surface area contributed by atoms with Crippen LogP contribution in [0.2, 0.25) is 0 Å². The molecule has 0 aliphatic carbocycles. The Hall–Kier alpha value is -2.06. The Morgan fingerprint density at radius 3 is 3.12 bits per heavy atom. The summed E-state index contributed by atoms with van der Waals surface area (Å²) in [5.41, 5.74) is 6.46. The zero-order valence-corrected chi connectivity index (χ0v) is 9.65. The van der Waals surface area contributed by atoms with E-state index in [2.05, 4.69) is 16.9 Å². The van der Waals surface area contributed by atoms with Crippen LogP contribution in [-0.2, 0) is 4.74 Å². The van der Waals surface area contributed by atoms with E-state index in [9.17, 15) is 0 Å². The second-order valence-corrected chi connectivity index (χ2v) is 3.39. The first-order valence-electron chi connectivity index (χ1n) is 5.36. The van der Waals surface area contributed by atoms with Crippen molar-refractivity contribution < 1.29 is 4.74 Å². The van der Waals surface area contributed by atoms with Crippen LogP contribution >= 0.6 is 0 Å². The Morgan fingerprint density at radius 2 is 2.41 bits per heavy atom. The molecule has 0 aromatic carbocycles. The molecule has 0 unspecified atom stereocenters. The highest BCUT2D eigenvalue weighted by atomic mass is 16.5. The first-order valence-corrected chi connectivity index (χ1v) is 5.36. The SMILES string of the molecule is C=CCCOCCNc1ncc(N)cc1C#N. The van der Waals surface area contributed by atoms with Gasteiger partial charge in [0.15, 0.2) is 0 Å². The molecule has 1 heterocycles. The van der Waals surface area contributed by atoms with Crippen LogP contribution in [0, 0.1) is 11.3 Å². The summed E-state index contributed by atoms with van der Waals surface area (Å²) in [4.78, 5) is 4.05. The number of nitrogens with zero attached hydrogens (tertiary/aromatic N) is 2. The van der Waals surface area contributed by atoms with Crippen LogP contribution in [-0.4, -0.2) is 24.7 Å². The van der Waals surface area contributed by atoms with Crippen LogP contribution in [0.1, 0.15) is 12.0 Å². The minimum absolute atomic E-state index is 0.441. The quantitative estimate of drug-likeness (QED) is 0.550. The molecule has 1 aromatic rings. The van der Waals surface area contributed by atoms with Crippen molar-refractivity contribution in [3.05, 3.63) is 30.5 Å². The molecule has 0 aliphatic heterocycles. The van der Waals surface area contributed by atoms with E-state index in [1.54, 1.807) is 6.07 Å². The highest BCUT2D eigenvalue weighted by Crippen LogP contribution is 2.13. The molecule has 0 saturated heterocycles. The van der Waals surface area contributed by atoms with Crippen LogP contribution < -0.4 is 11.1 Å². The lowest BCUT2D eigenvalue weighted by atomic mass is 10.2. The summed E-state index contributed by atoms with van der Waals surface area (Å²) in [5, 5.41) is 11.9. The van der Waals surface area contributed by atoms with Gasteiger partial charge in [0.25, 0.3) is 0 Å². The van der Waals surface area contributed by atoms with Gasteiger partial charge in [-0.2, -0.15) is 5.26 Å². The Balaban J connectivity index is 2.36. The fraction of sp³-hybridized carbons (Fsp3) is 0.333. The largest absolute Gasteiger partial charge is 0.397 e. The summed E-state index contributed by atoms with van der Waals surface area (Å²) >= 11 is 0. The molecule has 90 valence electrons. The monoisotopic (exact) mass is 232 g/mol. The van der Waals surface area contributed by atoms with Gasteiger partial charge in [0.05, 0.1) is 30.7 Å². The molecular weight excluding hydrogens is 216 g/mol. The number of hydrogen-bond donors (Lipinski definition) is 2. The molecule has 0 atom stereocenters. The average Bonchev–Trinajstić information content (AvgIpc) is 2.35. The molecule has 0 saturated carbocycles. The minimum Gasteiger partial charge on any atom is -0.397 e. The van der Waals surface area contributed by atoms with Gasteiger partial charge < -0.3 is 15.8 Å². The molecule has 17 heavy (non-hydrogen) atoms. The number of aromatic nitrogens is 1. The number of nitrogens with two attached hydrogens (primary N) is 1. The van der Waals surface area contributed by atoms with E-state index in [0.29, 0.717) is 36.8 Å². The van der Waals surface area contributed by atoms with Gasteiger partial charge in [-0.25, -0.2) is 4.98 Å². The number of ether oxygens (including phenoxy) is 1. The van der Waals surface area contributed by atoms with Gasteiger partial charge in [-0.3, -0.25) is 0 Å². The summed E-state index contributed by atoms with van der Waals surface area (Å²) in [5.74, 6) is 0.536. The van der Waals surface area contributed by atoms with Gasteiger partial charge in [-0.05, 0) is 12.5 Å². The molecule has 0 radical (unpaired) electrons. The van der Waals surface area contributed by atoms with Crippen molar-refractivity contribution in [1.29, 1.82) is 5.26 Å². The summed E-state index contributed by atoms with van der Waals surface area (Å²) in [7, 11) is 0. The van der Waals surface area contributed by atoms with Gasteiger partial charge in [-0.1, -0.05) is 6.08 Å². The highest BCUT2D eigenvalue weighted by Gasteiger charge is 2.02. The van der Waals surface area contributed by atoms with E-state index in [1.807, 2.05) is 12.1 Å². The molecular formula is C12H16N4O. The van der Waals surface area contributed by atoms with E-state index in [1.165, 1.54) is 6.20 Å². The van der Waals surface area contributed by atoms with Crippen LogP contribution in [0.25, 0.3) is 0 Å². The van der Waals surface area contributed by atoms with Crippen molar-refractivity contribution in [2.24, 2.45) is 0 Å². The first-order chi connectivity index (χ1) is 8.27. The molecule has 0 fully saturated rings. The van der Waals surface area contributed by atoms with E-state index < -0.39 is 0 Å². The normalized spacial score (nSPS) is 9.59. The minimum atomic E-state index is 0.441. The number of anilines is 2. The van der Waals surface area contributed by atoms with Crippen molar-refractivity contribution in [3.63, 3.8) is 0 Å².